The fourth-order valence-electron chi connectivity index (χ4n) is 1.31. The number of aromatic nitrogens is 1. The molecule has 0 unspecified atom stereocenters. The Kier molecular flexibility index (Phi) is 7.48. The summed E-state index contributed by atoms with van der Waals surface area (Å²) in [5.74, 6) is -0.0234. The molecule has 3 N–H and O–H groups in total. The minimum absolute atomic E-state index is 0.0234. The van der Waals surface area contributed by atoms with Gasteiger partial charge in [0, 0.05) is 13.3 Å². The first kappa shape index (κ1) is 15.4. The van der Waals surface area contributed by atoms with Gasteiger partial charge in [0.05, 0.1) is 33.0 Å². The van der Waals surface area contributed by atoms with E-state index in [4.69, 9.17) is 25.2 Å². The van der Waals surface area contributed by atoms with E-state index in [0.29, 0.717) is 38.7 Å². The maximum Gasteiger partial charge on any atom is 0.188 e. The minimum Gasteiger partial charge on any atom is -0.409 e. The van der Waals surface area contributed by atoms with Crippen molar-refractivity contribution in [1.29, 1.82) is 0 Å². The Morgan fingerprint density at radius 3 is 2.79 bits per heavy atom. The smallest absolute Gasteiger partial charge is 0.188 e. The summed E-state index contributed by atoms with van der Waals surface area (Å²) in [5.41, 5.74) is 6.76. The molecule has 1 aromatic rings. The van der Waals surface area contributed by atoms with Crippen LogP contribution >= 0.6 is 0 Å². The lowest BCUT2D eigenvalue weighted by atomic mass is 10.2. The standard InChI is InChI=1S/C12H19N3O4/c1-17-4-5-18-6-7-19-9-10-2-3-14-11(8-10)12(13)15-16/h2-3,8,16H,4-7,9H2,1H3,(H2,13,15). The number of amidine groups is 1. The van der Waals surface area contributed by atoms with E-state index in [1.165, 1.54) is 0 Å². The molecule has 0 aliphatic carbocycles. The Bertz CT molecular complexity index is 398. The van der Waals surface area contributed by atoms with Crippen LogP contribution in [0.3, 0.4) is 0 Å². The maximum atomic E-state index is 8.56. The first-order valence-corrected chi connectivity index (χ1v) is 5.85. The summed E-state index contributed by atoms with van der Waals surface area (Å²) in [6, 6.07) is 3.51. The predicted octanol–water partition coefficient (Wildman–Crippen LogP) is 0.356. The highest BCUT2D eigenvalue weighted by molar-refractivity contribution is 5.95. The van der Waals surface area contributed by atoms with Crippen LogP contribution in [0.2, 0.25) is 0 Å². The van der Waals surface area contributed by atoms with Gasteiger partial charge in [-0.15, -0.1) is 0 Å². The molecule has 0 aliphatic heterocycles. The third-order valence-electron chi connectivity index (χ3n) is 2.27. The molecule has 0 aliphatic rings. The lowest BCUT2D eigenvalue weighted by Crippen LogP contribution is -2.15. The van der Waals surface area contributed by atoms with Crippen molar-refractivity contribution in [3.63, 3.8) is 0 Å². The van der Waals surface area contributed by atoms with Gasteiger partial charge in [0.15, 0.2) is 5.84 Å². The summed E-state index contributed by atoms with van der Waals surface area (Å²) in [6.45, 7) is 2.56. The molecule has 0 spiro atoms. The minimum atomic E-state index is -0.0234. The molecular weight excluding hydrogens is 250 g/mol. The van der Waals surface area contributed by atoms with E-state index in [9.17, 15) is 0 Å². The summed E-state index contributed by atoms with van der Waals surface area (Å²) in [6.07, 6.45) is 1.58. The van der Waals surface area contributed by atoms with Gasteiger partial charge < -0.3 is 25.2 Å². The van der Waals surface area contributed by atoms with Gasteiger partial charge in [-0.3, -0.25) is 4.98 Å². The highest BCUT2D eigenvalue weighted by Gasteiger charge is 2.02. The van der Waals surface area contributed by atoms with Crippen molar-refractivity contribution in [3.8, 4) is 0 Å². The average molecular weight is 269 g/mol. The summed E-state index contributed by atoms with van der Waals surface area (Å²) >= 11 is 0. The first-order chi connectivity index (χ1) is 9.27. The second kappa shape index (κ2) is 9.26. The normalized spacial score (nSPS) is 11.7. The molecule has 0 fully saturated rings. The summed E-state index contributed by atoms with van der Waals surface area (Å²) in [5, 5.41) is 11.5. The monoisotopic (exact) mass is 269 g/mol. The van der Waals surface area contributed by atoms with E-state index < -0.39 is 0 Å². The molecule has 0 saturated heterocycles. The molecular formula is C12H19N3O4. The summed E-state index contributed by atoms with van der Waals surface area (Å²) in [4.78, 5) is 3.98. The molecule has 0 aromatic carbocycles. The zero-order valence-electron chi connectivity index (χ0n) is 10.9. The molecule has 0 amide bonds. The number of nitrogens with two attached hydrogens (primary N) is 1. The molecule has 1 rings (SSSR count). The third-order valence-corrected chi connectivity index (χ3v) is 2.27. The van der Waals surface area contributed by atoms with Crippen LogP contribution in [-0.4, -0.2) is 49.6 Å². The molecule has 106 valence electrons. The van der Waals surface area contributed by atoms with E-state index in [0.717, 1.165) is 5.56 Å². The van der Waals surface area contributed by atoms with Crippen molar-refractivity contribution in [2.75, 3.05) is 33.5 Å². The summed E-state index contributed by atoms with van der Waals surface area (Å²) in [7, 11) is 1.63. The van der Waals surface area contributed by atoms with E-state index >= 15 is 0 Å². The number of hydrogen-bond acceptors (Lipinski definition) is 6. The topological polar surface area (TPSA) is 99.2 Å². The van der Waals surface area contributed by atoms with Crippen molar-refractivity contribution in [1.82, 2.24) is 4.98 Å². The van der Waals surface area contributed by atoms with Gasteiger partial charge in [-0.2, -0.15) is 0 Å². The van der Waals surface area contributed by atoms with Crippen LogP contribution in [-0.2, 0) is 20.8 Å². The number of methoxy groups -OCH3 is 1. The van der Waals surface area contributed by atoms with E-state index in [1.807, 2.05) is 0 Å². The maximum absolute atomic E-state index is 8.56. The van der Waals surface area contributed by atoms with Crippen molar-refractivity contribution >= 4 is 5.84 Å². The third kappa shape index (κ3) is 6.14. The van der Waals surface area contributed by atoms with Crippen LogP contribution in [0, 0.1) is 0 Å². The molecule has 0 saturated carbocycles. The molecule has 19 heavy (non-hydrogen) atoms. The average Bonchev–Trinajstić information content (AvgIpc) is 2.46. The molecule has 7 nitrogen and oxygen atoms in total. The van der Waals surface area contributed by atoms with Gasteiger partial charge in [0.1, 0.15) is 5.69 Å². The van der Waals surface area contributed by atoms with Crippen LogP contribution in [0.25, 0.3) is 0 Å². The molecule has 1 aromatic heterocycles. The zero-order chi connectivity index (χ0) is 13.9. The van der Waals surface area contributed by atoms with Gasteiger partial charge in [-0.25, -0.2) is 0 Å². The predicted molar refractivity (Wildman–Crippen MR) is 69.1 cm³/mol. The SMILES string of the molecule is COCCOCCOCc1ccnc(/C(N)=N/O)c1. The molecule has 0 bridgehead atoms. The van der Waals surface area contributed by atoms with Gasteiger partial charge in [0.2, 0.25) is 0 Å². The number of nitrogens with zero attached hydrogens (tertiary/aromatic N) is 2. The Morgan fingerprint density at radius 1 is 1.32 bits per heavy atom. The van der Waals surface area contributed by atoms with Gasteiger partial charge in [0.25, 0.3) is 0 Å². The Balaban J connectivity index is 2.26. The van der Waals surface area contributed by atoms with Gasteiger partial charge >= 0.3 is 0 Å². The van der Waals surface area contributed by atoms with Gasteiger partial charge in [-0.05, 0) is 17.7 Å². The summed E-state index contributed by atoms with van der Waals surface area (Å²) < 4.78 is 15.5. The highest BCUT2D eigenvalue weighted by atomic mass is 16.5. The fourth-order valence-corrected chi connectivity index (χ4v) is 1.31. The van der Waals surface area contributed by atoms with Crippen molar-refractivity contribution in [3.05, 3.63) is 29.6 Å². The van der Waals surface area contributed by atoms with Crippen LogP contribution in [0.4, 0.5) is 0 Å². The fraction of sp³-hybridized carbons (Fsp3) is 0.500. The molecule has 0 atom stereocenters. The van der Waals surface area contributed by atoms with Crippen LogP contribution in [0.15, 0.2) is 23.5 Å². The van der Waals surface area contributed by atoms with Crippen molar-refractivity contribution < 1.29 is 19.4 Å². The van der Waals surface area contributed by atoms with Crippen LogP contribution in [0.5, 0.6) is 0 Å². The number of rotatable bonds is 9. The Morgan fingerprint density at radius 2 is 2.05 bits per heavy atom. The Labute approximate surface area is 112 Å². The van der Waals surface area contributed by atoms with Crippen molar-refractivity contribution in [2.45, 2.75) is 6.61 Å². The number of oxime groups is 1. The van der Waals surface area contributed by atoms with Crippen LogP contribution < -0.4 is 5.73 Å². The second-order valence-electron chi connectivity index (χ2n) is 3.69. The Hall–Kier alpha value is -1.70. The number of pyridine rings is 1. The molecule has 1 heterocycles. The van der Waals surface area contributed by atoms with Crippen LogP contribution in [0.1, 0.15) is 11.3 Å². The second-order valence-corrected chi connectivity index (χ2v) is 3.69. The quantitative estimate of drug-likeness (QED) is 0.221. The molecule has 0 radical (unpaired) electrons. The lowest BCUT2D eigenvalue weighted by molar-refractivity contribution is 0.0199. The van der Waals surface area contributed by atoms with E-state index in [1.54, 1.807) is 25.4 Å². The first-order valence-electron chi connectivity index (χ1n) is 5.85. The number of ether oxygens (including phenoxy) is 3. The number of hydrogen-bond donors (Lipinski definition) is 2. The highest BCUT2D eigenvalue weighted by Crippen LogP contribution is 2.03. The van der Waals surface area contributed by atoms with E-state index in [2.05, 4.69) is 10.1 Å². The largest absolute Gasteiger partial charge is 0.409 e. The molecule has 7 heteroatoms. The van der Waals surface area contributed by atoms with E-state index in [-0.39, 0.29) is 5.84 Å². The van der Waals surface area contributed by atoms with Crippen molar-refractivity contribution in [2.24, 2.45) is 10.9 Å². The lowest BCUT2D eigenvalue weighted by Gasteiger charge is -2.06. The van der Waals surface area contributed by atoms with Gasteiger partial charge in [-0.1, -0.05) is 5.16 Å². The zero-order valence-corrected chi connectivity index (χ0v) is 10.9.